The second-order valence-corrected chi connectivity index (χ2v) is 4.10. The number of hydrogen-bond acceptors (Lipinski definition) is 3. The fraction of sp³-hybridized carbons (Fsp3) is 0.455. The zero-order valence-corrected chi connectivity index (χ0v) is 9.60. The molecule has 1 aliphatic rings. The molecule has 0 aromatic heterocycles. The minimum absolute atomic E-state index is 0.0571. The average Bonchev–Trinajstić information content (AvgIpc) is 2.23. The predicted molar refractivity (Wildman–Crippen MR) is 59.8 cm³/mol. The van der Waals surface area contributed by atoms with E-state index in [0.717, 1.165) is 11.1 Å². The molecule has 3 nitrogen and oxygen atoms in total. The van der Waals surface area contributed by atoms with Crippen LogP contribution in [0.4, 0.5) is 0 Å². The molecule has 0 aliphatic carbocycles. The first-order valence-electron chi connectivity index (χ1n) is 4.95. The van der Waals surface area contributed by atoms with Crippen LogP contribution in [0.2, 0.25) is 5.02 Å². The van der Waals surface area contributed by atoms with Crippen LogP contribution in [0.1, 0.15) is 24.1 Å². The molecule has 1 aromatic rings. The van der Waals surface area contributed by atoms with Crippen LogP contribution in [0.3, 0.4) is 0 Å². The van der Waals surface area contributed by atoms with Gasteiger partial charge in [-0.15, -0.1) is 0 Å². The molecule has 0 fully saturated rings. The molecule has 82 valence electrons. The Morgan fingerprint density at radius 1 is 1.40 bits per heavy atom. The summed E-state index contributed by atoms with van der Waals surface area (Å²) in [6.07, 6.45) is 0. The van der Waals surface area contributed by atoms with E-state index >= 15 is 0 Å². The minimum atomic E-state index is -0.0571. The van der Waals surface area contributed by atoms with E-state index in [1.54, 1.807) is 0 Å². The van der Waals surface area contributed by atoms with Crippen molar-refractivity contribution in [3.8, 4) is 11.5 Å². The third kappa shape index (κ3) is 1.77. The van der Waals surface area contributed by atoms with Gasteiger partial charge < -0.3 is 15.2 Å². The van der Waals surface area contributed by atoms with Crippen LogP contribution >= 0.6 is 11.6 Å². The minimum Gasteiger partial charge on any atom is -0.486 e. The highest BCUT2D eigenvalue weighted by molar-refractivity contribution is 6.33. The Morgan fingerprint density at radius 3 is 2.73 bits per heavy atom. The molecule has 1 heterocycles. The van der Waals surface area contributed by atoms with Crippen LogP contribution in [-0.2, 0) is 0 Å². The lowest BCUT2D eigenvalue weighted by Crippen LogP contribution is -2.17. The number of benzene rings is 1. The maximum Gasteiger partial charge on any atom is 0.180 e. The first-order valence-corrected chi connectivity index (χ1v) is 5.33. The Bertz CT molecular complexity index is 391. The summed E-state index contributed by atoms with van der Waals surface area (Å²) in [7, 11) is 0. The number of rotatable bonds is 1. The van der Waals surface area contributed by atoms with Gasteiger partial charge in [0, 0.05) is 6.04 Å². The monoisotopic (exact) mass is 227 g/mol. The molecule has 0 spiro atoms. The van der Waals surface area contributed by atoms with Crippen molar-refractivity contribution in [2.45, 2.75) is 19.9 Å². The molecule has 1 unspecified atom stereocenters. The number of nitrogens with two attached hydrogens (primary N) is 1. The van der Waals surface area contributed by atoms with Crippen LogP contribution < -0.4 is 15.2 Å². The summed E-state index contributed by atoms with van der Waals surface area (Å²) in [5.74, 6) is 1.34. The van der Waals surface area contributed by atoms with E-state index in [-0.39, 0.29) is 6.04 Å². The summed E-state index contributed by atoms with van der Waals surface area (Å²) in [5.41, 5.74) is 7.83. The van der Waals surface area contributed by atoms with Crippen LogP contribution in [0, 0.1) is 6.92 Å². The van der Waals surface area contributed by atoms with E-state index in [2.05, 4.69) is 0 Å². The Balaban J connectivity index is 2.57. The molecule has 0 bridgehead atoms. The second kappa shape index (κ2) is 3.91. The molecule has 0 saturated heterocycles. The average molecular weight is 228 g/mol. The van der Waals surface area contributed by atoms with Gasteiger partial charge in [0.15, 0.2) is 11.5 Å². The van der Waals surface area contributed by atoms with Crippen LogP contribution in [0.5, 0.6) is 11.5 Å². The first kappa shape index (κ1) is 10.6. The highest BCUT2D eigenvalue weighted by atomic mass is 35.5. The summed E-state index contributed by atoms with van der Waals surface area (Å²) in [6, 6.07) is 1.86. The summed E-state index contributed by atoms with van der Waals surface area (Å²) < 4.78 is 11.0. The van der Waals surface area contributed by atoms with Crippen molar-refractivity contribution in [1.82, 2.24) is 0 Å². The normalized spacial score (nSPS) is 16.3. The standard InChI is InChI=1S/C11H14ClNO2/c1-6-8(7(2)13)5-9-11(10(6)12)15-4-3-14-9/h5,7H,3-4,13H2,1-2H3. The van der Waals surface area contributed by atoms with Gasteiger partial charge in [-0.25, -0.2) is 0 Å². The van der Waals surface area contributed by atoms with Gasteiger partial charge >= 0.3 is 0 Å². The van der Waals surface area contributed by atoms with Crippen LogP contribution in [0.25, 0.3) is 0 Å². The van der Waals surface area contributed by atoms with Gasteiger partial charge in [-0.3, -0.25) is 0 Å². The molecule has 0 amide bonds. The molecule has 0 radical (unpaired) electrons. The molecule has 0 saturated carbocycles. The van der Waals surface area contributed by atoms with E-state index in [0.29, 0.717) is 29.7 Å². The molecule has 2 N–H and O–H groups in total. The van der Waals surface area contributed by atoms with Crippen molar-refractivity contribution >= 4 is 11.6 Å². The van der Waals surface area contributed by atoms with Crippen molar-refractivity contribution in [3.05, 3.63) is 22.2 Å². The van der Waals surface area contributed by atoms with Gasteiger partial charge in [-0.1, -0.05) is 11.6 Å². The van der Waals surface area contributed by atoms with Gasteiger partial charge in [0.05, 0.1) is 5.02 Å². The third-order valence-corrected chi connectivity index (χ3v) is 3.00. The highest BCUT2D eigenvalue weighted by Crippen LogP contribution is 2.42. The third-order valence-electron chi connectivity index (χ3n) is 2.55. The molecule has 1 atom stereocenters. The molecule has 4 heteroatoms. The summed E-state index contributed by atoms with van der Waals surface area (Å²) >= 11 is 6.20. The van der Waals surface area contributed by atoms with E-state index in [9.17, 15) is 0 Å². The Labute approximate surface area is 94.1 Å². The lowest BCUT2D eigenvalue weighted by molar-refractivity contribution is 0.171. The van der Waals surface area contributed by atoms with Gasteiger partial charge in [0.2, 0.25) is 0 Å². The Morgan fingerprint density at radius 2 is 2.07 bits per heavy atom. The van der Waals surface area contributed by atoms with Crippen molar-refractivity contribution in [2.75, 3.05) is 13.2 Å². The molecular formula is C11H14ClNO2. The number of halogens is 1. The maximum absolute atomic E-state index is 6.20. The van der Waals surface area contributed by atoms with Crippen molar-refractivity contribution in [3.63, 3.8) is 0 Å². The predicted octanol–water partition coefficient (Wildman–Crippen LogP) is 2.44. The fourth-order valence-electron chi connectivity index (χ4n) is 1.73. The van der Waals surface area contributed by atoms with E-state index in [1.807, 2.05) is 19.9 Å². The lowest BCUT2D eigenvalue weighted by atomic mass is 10.0. The lowest BCUT2D eigenvalue weighted by Gasteiger charge is -2.23. The van der Waals surface area contributed by atoms with Gasteiger partial charge in [-0.05, 0) is 31.0 Å². The number of ether oxygens (including phenoxy) is 2. The van der Waals surface area contributed by atoms with Crippen molar-refractivity contribution in [1.29, 1.82) is 0 Å². The van der Waals surface area contributed by atoms with Crippen molar-refractivity contribution < 1.29 is 9.47 Å². The highest BCUT2D eigenvalue weighted by Gasteiger charge is 2.20. The van der Waals surface area contributed by atoms with Gasteiger partial charge in [-0.2, -0.15) is 0 Å². The largest absolute Gasteiger partial charge is 0.486 e. The van der Waals surface area contributed by atoms with E-state index in [1.165, 1.54) is 0 Å². The number of fused-ring (bicyclic) bond motifs is 1. The summed E-state index contributed by atoms with van der Waals surface area (Å²) in [5, 5.41) is 0.611. The molecule has 15 heavy (non-hydrogen) atoms. The summed E-state index contributed by atoms with van der Waals surface area (Å²) in [4.78, 5) is 0. The van der Waals surface area contributed by atoms with E-state index in [4.69, 9.17) is 26.8 Å². The second-order valence-electron chi connectivity index (χ2n) is 3.72. The van der Waals surface area contributed by atoms with Crippen LogP contribution in [-0.4, -0.2) is 13.2 Å². The molecule has 2 rings (SSSR count). The summed E-state index contributed by atoms with van der Waals surface area (Å²) in [6.45, 7) is 4.97. The fourth-order valence-corrected chi connectivity index (χ4v) is 1.99. The Kier molecular flexibility index (Phi) is 2.76. The Hall–Kier alpha value is -0.930. The zero-order chi connectivity index (χ0) is 11.0. The SMILES string of the molecule is Cc1c(C(C)N)cc2c(c1Cl)OCCO2. The van der Waals surface area contributed by atoms with E-state index < -0.39 is 0 Å². The van der Waals surface area contributed by atoms with Crippen molar-refractivity contribution in [2.24, 2.45) is 5.73 Å². The van der Waals surface area contributed by atoms with Gasteiger partial charge in [0.25, 0.3) is 0 Å². The van der Waals surface area contributed by atoms with Crippen LogP contribution in [0.15, 0.2) is 6.07 Å². The number of hydrogen-bond donors (Lipinski definition) is 1. The smallest absolute Gasteiger partial charge is 0.180 e. The van der Waals surface area contributed by atoms with Gasteiger partial charge in [0.1, 0.15) is 13.2 Å². The maximum atomic E-state index is 6.20. The quantitative estimate of drug-likeness (QED) is 0.802. The molecular weight excluding hydrogens is 214 g/mol. The topological polar surface area (TPSA) is 44.5 Å². The molecule has 1 aliphatic heterocycles. The zero-order valence-electron chi connectivity index (χ0n) is 8.84. The first-order chi connectivity index (χ1) is 7.11. The molecule has 1 aromatic carbocycles.